The zero-order valence-corrected chi connectivity index (χ0v) is 11.9. The highest BCUT2D eigenvalue weighted by molar-refractivity contribution is 5.67. The van der Waals surface area contributed by atoms with Gasteiger partial charge in [-0.15, -0.1) is 0 Å². The van der Waals surface area contributed by atoms with E-state index in [0.29, 0.717) is 12.6 Å². The van der Waals surface area contributed by atoms with E-state index in [1.165, 1.54) is 12.8 Å². The van der Waals surface area contributed by atoms with E-state index in [4.69, 9.17) is 4.74 Å². The number of alkyl carbamates (subject to hydrolysis) is 1. The molecule has 0 heterocycles. The van der Waals surface area contributed by atoms with Crippen LogP contribution in [0.5, 0.6) is 0 Å². The smallest absolute Gasteiger partial charge is 0.407 e. The van der Waals surface area contributed by atoms with Crippen LogP contribution in [0.25, 0.3) is 0 Å². The lowest BCUT2D eigenvalue weighted by Gasteiger charge is -2.22. The molecule has 2 N–H and O–H groups in total. The summed E-state index contributed by atoms with van der Waals surface area (Å²) in [4.78, 5) is 11.4. The van der Waals surface area contributed by atoms with Crippen molar-refractivity contribution in [3.05, 3.63) is 0 Å². The summed E-state index contributed by atoms with van der Waals surface area (Å²) >= 11 is 0. The Balaban J connectivity index is 3.78. The molecule has 0 aromatic rings. The van der Waals surface area contributed by atoms with Crippen LogP contribution < -0.4 is 10.6 Å². The van der Waals surface area contributed by atoms with Gasteiger partial charge < -0.3 is 15.4 Å². The molecule has 0 saturated carbocycles. The van der Waals surface area contributed by atoms with Crippen LogP contribution in [0.2, 0.25) is 0 Å². The van der Waals surface area contributed by atoms with Gasteiger partial charge in [-0.1, -0.05) is 20.3 Å². The van der Waals surface area contributed by atoms with Gasteiger partial charge in [0.25, 0.3) is 0 Å². The molecule has 0 aliphatic heterocycles. The average Bonchev–Trinajstić information content (AvgIpc) is 2.20. The van der Waals surface area contributed by atoms with Crippen LogP contribution in [-0.2, 0) is 4.74 Å². The number of amides is 1. The fourth-order valence-electron chi connectivity index (χ4n) is 1.36. The molecule has 1 atom stereocenters. The highest BCUT2D eigenvalue weighted by Gasteiger charge is 2.16. The van der Waals surface area contributed by atoms with E-state index in [0.717, 1.165) is 13.0 Å². The van der Waals surface area contributed by atoms with Crippen LogP contribution >= 0.6 is 0 Å². The van der Waals surface area contributed by atoms with E-state index in [-0.39, 0.29) is 6.09 Å². The SMILES string of the molecule is CCCCNC(CC)CNC(=O)OC(C)(C)C. The molecule has 0 spiro atoms. The van der Waals surface area contributed by atoms with Gasteiger partial charge in [0.05, 0.1) is 0 Å². The fourth-order valence-corrected chi connectivity index (χ4v) is 1.36. The van der Waals surface area contributed by atoms with E-state index in [1.54, 1.807) is 0 Å². The van der Waals surface area contributed by atoms with Crippen molar-refractivity contribution in [1.82, 2.24) is 10.6 Å². The van der Waals surface area contributed by atoms with Gasteiger partial charge in [0.1, 0.15) is 5.60 Å². The predicted molar refractivity (Wildman–Crippen MR) is 71.2 cm³/mol. The van der Waals surface area contributed by atoms with Crippen LogP contribution in [0.3, 0.4) is 0 Å². The summed E-state index contributed by atoms with van der Waals surface area (Å²) in [5.74, 6) is 0. The Labute approximate surface area is 105 Å². The molecule has 0 aliphatic rings. The maximum atomic E-state index is 11.4. The Morgan fingerprint density at radius 2 is 1.94 bits per heavy atom. The predicted octanol–water partition coefficient (Wildman–Crippen LogP) is 2.68. The van der Waals surface area contributed by atoms with Crippen molar-refractivity contribution >= 4 is 6.09 Å². The summed E-state index contributed by atoms with van der Waals surface area (Å²) in [7, 11) is 0. The molecule has 0 aromatic heterocycles. The second kappa shape index (κ2) is 8.34. The molecule has 102 valence electrons. The van der Waals surface area contributed by atoms with Gasteiger partial charge in [0.15, 0.2) is 0 Å². The number of nitrogens with one attached hydrogen (secondary N) is 2. The van der Waals surface area contributed by atoms with Crippen molar-refractivity contribution in [1.29, 1.82) is 0 Å². The van der Waals surface area contributed by atoms with E-state index >= 15 is 0 Å². The Hall–Kier alpha value is -0.770. The Bertz CT molecular complexity index is 212. The molecule has 0 bridgehead atoms. The first-order chi connectivity index (χ1) is 7.89. The van der Waals surface area contributed by atoms with Gasteiger partial charge in [0.2, 0.25) is 0 Å². The van der Waals surface area contributed by atoms with Gasteiger partial charge in [-0.05, 0) is 40.2 Å². The lowest BCUT2D eigenvalue weighted by molar-refractivity contribution is 0.0522. The summed E-state index contributed by atoms with van der Waals surface area (Å²) in [6.45, 7) is 11.5. The number of hydrogen-bond donors (Lipinski definition) is 2. The lowest BCUT2D eigenvalue weighted by Crippen LogP contribution is -2.42. The molecule has 1 amide bonds. The number of rotatable bonds is 7. The first kappa shape index (κ1) is 16.2. The molecule has 4 heteroatoms. The van der Waals surface area contributed by atoms with E-state index in [2.05, 4.69) is 24.5 Å². The topological polar surface area (TPSA) is 50.4 Å². The summed E-state index contributed by atoms with van der Waals surface area (Å²) in [6, 6.07) is 0.328. The number of carbonyl (C=O) groups is 1. The van der Waals surface area contributed by atoms with E-state index < -0.39 is 5.60 Å². The van der Waals surface area contributed by atoms with Crippen LogP contribution in [0, 0.1) is 0 Å². The largest absolute Gasteiger partial charge is 0.444 e. The standard InChI is InChI=1S/C13H28N2O2/c1-6-8-9-14-11(7-2)10-15-12(16)17-13(3,4)5/h11,14H,6-10H2,1-5H3,(H,15,16). The number of ether oxygens (including phenoxy) is 1. The third kappa shape index (κ3) is 10.1. The zero-order chi connectivity index (χ0) is 13.3. The third-order valence-electron chi connectivity index (χ3n) is 2.35. The van der Waals surface area contributed by atoms with Crippen molar-refractivity contribution < 1.29 is 9.53 Å². The van der Waals surface area contributed by atoms with E-state index in [1.807, 2.05) is 20.8 Å². The Kier molecular flexibility index (Phi) is 7.96. The minimum atomic E-state index is -0.429. The van der Waals surface area contributed by atoms with Gasteiger partial charge in [-0.25, -0.2) is 4.79 Å². The monoisotopic (exact) mass is 244 g/mol. The normalized spacial score (nSPS) is 13.2. The van der Waals surface area contributed by atoms with Crippen LogP contribution in [0.1, 0.15) is 53.9 Å². The molecule has 17 heavy (non-hydrogen) atoms. The second-order valence-electron chi connectivity index (χ2n) is 5.30. The highest BCUT2D eigenvalue weighted by Crippen LogP contribution is 2.06. The molecule has 0 saturated heterocycles. The van der Waals surface area contributed by atoms with Crippen molar-refractivity contribution in [2.45, 2.75) is 65.5 Å². The minimum Gasteiger partial charge on any atom is -0.444 e. The quantitative estimate of drug-likeness (QED) is 0.677. The maximum Gasteiger partial charge on any atom is 0.407 e. The van der Waals surface area contributed by atoms with Crippen LogP contribution in [0.4, 0.5) is 4.79 Å². The third-order valence-corrected chi connectivity index (χ3v) is 2.35. The average molecular weight is 244 g/mol. The second-order valence-corrected chi connectivity index (χ2v) is 5.30. The Morgan fingerprint density at radius 3 is 2.41 bits per heavy atom. The highest BCUT2D eigenvalue weighted by atomic mass is 16.6. The van der Waals surface area contributed by atoms with Gasteiger partial charge in [-0.2, -0.15) is 0 Å². The van der Waals surface area contributed by atoms with Crippen LogP contribution in [-0.4, -0.2) is 30.8 Å². The summed E-state index contributed by atoms with van der Waals surface area (Å²) in [5, 5.41) is 6.21. The van der Waals surface area contributed by atoms with E-state index in [9.17, 15) is 4.79 Å². The zero-order valence-electron chi connectivity index (χ0n) is 11.9. The molecule has 0 fully saturated rings. The fraction of sp³-hybridized carbons (Fsp3) is 0.923. The van der Waals surface area contributed by atoms with Gasteiger partial charge in [-0.3, -0.25) is 0 Å². The van der Waals surface area contributed by atoms with Gasteiger partial charge in [0, 0.05) is 12.6 Å². The van der Waals surface area contributed by atoms with Crippen molar-refractivity contribution in [2.24, 2.45) is 0 Å². The molecular formula is C13H28N2O2. The number of unbranched alkanes of at least 4 members (excludes halogenated alkanes) is 1. The minimum absolute atomic E-state index is 0.328. The van der Waals surface area contributed by atoms with Crippen molar-refractivity contribution in [2.75, 3.05) is 13.1 Å². The summed E-state index contributed by atoms with van der Waals surface area (Å²) in [5.41, 5.74) is -0.429. The molecule has 4 nitrogen and oxygen atoms in total. The molecule has 1 unspecified atom stereocenters. The molecule has 0 aromatic carbocycles. The molecular weight excluding hydrogens is 216 g/mol. The number of hydrogen-bond acceptors (Lipinski definition) is 3. The molecule has 0 aliphatic carbocycles. The first-order valence-electron chi connectivity index (χ1n) is 6.59. The Morgan fingerprint density at radius 1 is 1.29 bits per heavy atom. The number of carbonyl (C=O) groups excluding carboxylic acids is 1. The molecule has 0 radical (unpaired) electrons. The summed E-state index contributed by atoms with van der Waals surface area (Å²) in [6.07, 6.45) is 3.01. The summed E-state index contributed by atoms with van der Waals surface area (Å²) < 4.78 is 5.18. The van der Waals surface area contributed by atoms with Crippen LogP contribution in [0.15, 0.2) is 0 Å². The lowest BCUT2D eigenvalue weighted by atomic mass is 10.2. The van der Waals surface area contributed by atoms with Crippen molar-refractivity contribution in [3.63, 3.8) is 0 Å². The molecule has 0 rings (SSSR count). The van der Waals surface area contributed by atoms with Crippen molar-refractivity contribution in [3.8, 4) is 0 Å². The first-order valence-corrected chi connectivity index (χ1v) is 6.59. The van der Waals surface area contributed by atoms with Gasteiger partial charge >= 0.3 is 6.09 Å². The maximum absolute atomic E-state index is 11.4.